The standard InChI is InChI=1S/C12H16BrNO2/c1-10(15)14-11-6-2-3-7-12(11)16-9-5-4-8-13/h2-3,6-7H,4-5,8-9H2,1H3,(H,14,15). The molecule has 3 nitrogen and oxygen atoms in total. The highest BCUT2D eigenvalue weighted by atomic mass is 79.9. The smallest absolute Gasteiger partial charge is 0.221 e. The maximum Gasteiger partial charge on any atom is 0.221 e. The molecule has 0 heterocycles. The van der Waals surface area contributed by atoms with Crippen molar-refractivity contribution in [1.82, 2.24) is 0 Å². The number of para-hydroxylation sites is 2. The van der Waals surface area contributed by atoms with Gasteiger partial charge < -0.3 is 10.1 Å². The van der Waals surface area contributed by atoms with Crippen molar-refractivity contribution >= 4 is 27.5 Å². The van der Waals surface area contributed by atoms with Crippen LogP contribution in [0.5, 0.6) is 5.75 Å². The van der Waals surface area contributed by atoms with Crippen molar-refractivity contribution in [3.8, 4) is 5.75 Å². The van der Waals surface area contributed by atoms with Crippen molar-refractivity contribution in [3.05, 3.63) is 24.3 Å². The van der Waals surface area contributed by atoms with Gasteiger partial charge in [-0.05, 0) is 25.0 Å². The second-order valence-corrected chi connectivity index (χ2v) is 4.21. The number of halogens is 1. The molecule has 4 heteroatoms. The first-order valence-corrected chi connectivity index (χ1v) is 6.41. The molecule has 1 aromatic carbocycles. The van der Waals surface area contributed by atoms with Gasteiger partial charge in [-0.25, -0.2) is 0 Å². The van der Waals surface area contributed by atoms with Gasteiger partial charge in [-0.1, -0.05) is 28.1 Å². The van der Waals surface area contributed by atoms with Gasteiger partial charge >= 0.3 is 0 Å². The quantitative estimate of drug-likeness (QED) is 0.644. The molecule has 1 aromatic rings. The molecular formula is C12H16BrNO2. The van der Waals surface area contributed by atoms with Gasteiger partial charge in [0.2, 0.25) is 5.91 Å². The Labute approximate surface area is 104 Å². The zero-order chi connectivity index (χ0) is 11.8. The highest BCUT2D eigenvalue weighted by molar-refractivity contribution is 9.09. The van der Waals surface area contributed by atoms with Crippen LogP contribution in [-0.4, -0.2) is 17.8 Å². The topological polar surface area (TPSA) is 38.3 Å². The SMILES string of the molecule is CC(=O)Nc1ccccc1OCCCCBr. The first-order chi connectivity index (χ1) is 7.74. The van der Waals surface area contributed by atoms with Gasteiger partial charge in [0.1, 0.15) is 5.75 Å². The molecule has 0 aliphatic carbocycles. The van der Waals surface area contributed by atoms with Crippen molar-refractivity contribution < 1.29 is 9.53 Å². The fourth-order valence-electron chi connectivity index (χ4n) is 1.26. The summed E-state index contributed by atoms with van der Waals surface area (Å²) < 4.78 is 5.60. The van der Waals surface area contributed by atoms with Crippen LogP contribution >= 0.6 is 15.9 Å². The van der Waals surface area contributed by atoms with E-state index in [-0.39, 0.29) is 5.91 Å². The Morgan fingerprint density at radius 2 is 2.12 bits per heavy atom. The minimum atomic E-state index is -0.0866. The maximum atomic E-state index is 11.0. The number of carbonyl (C=O) groups excluding carboxylic acids is 1. The normalized spacial score (nSPS) is 9.88. The third kappa shape index (κ3) is 4.66. The summed E-state index contributed by atoms with van der Waals surface area (Å²) in [6.45, 7) is 2.16. The minimum absolute atomic E-state index is 0.0866. The number of unbranched alkanes of at least 4 members (excludes halogenated alkanes) is 1. The molecule has 0 unspecified atom stereocenters. The first-order valence-electron chi connectivity index (χ1n) is 5.29. The largest absolute Gasteiger partial charge is 0.491 e. The van der Waals surface area contributed by atoms with Crippen molar-refractivity contribution in [1.29, 1.82) is 0 Å². The van der Waals surface area contributed by atoms with Gasteiger partial charge in [0.05, 0.1) is 12.3 Å². The Kier molecular flexibility index (Phi) is 5.93. The Balaban J connectivity index is 2.53. The van der Waals surface area contributed by atoms with Crippen LogP contribution in [0.1, 0.15) is 19.8 Å². The average Bonchev–Trinajstić information content (AvgIpc) is 2.26. The molecule has 16 heavy (non-hydrogen) atoms. The van der Waals surface area contributed by atoms with E-state index in [1.807, 2.05) is 24.3 Å². The second-order valence-electron chi connectivity index (χ2n) is 3.42. The van der Waals surface area contributed by atoms with Crippen molar-refractivity contribution in [2.75, 3.05) is 17.3 Å². The van der Waals surface area contributed by atoms with Crippen LogP contribution in [0.2, 0.25) is 0 Å². The van der Waals surface area contributed by atoms with Gasteiger partial charge in [0.25, 0.3) is 0 Å². The molecule has 88 valence electrons. The van der Waals surface area contributed by atoms with Crippen LogP contribution in [0.3, 0.4) is 0 Å². The molecule has 0 aromatic heterocycles. The zero-order valence-electron chi connectivity index (χ0n) is 9.33. The number of nitrogens with one attached hydrogen (secondary N) is 1. The fraction of sp³-hybridized carbons (Fsp3) is 0.417. The third-order valence-electron chi connectivity index (χ3n) is 1.98. The Morgan fingerprint density at radius 3 is 2.81 bits per heavy atom. The fourth-order valence-corrected chi connectivity index (χ4v) is 1.66. The number of rotatable bonds is 6. The van der Waals surface area contributed by atoms with Crippen LogP contribution in [-0.2, 0) is 4.79 Å². The second kappa shape index (κ2) is 7.28. The lowest BCUT2D eigenvalue weighted by molar-refractivity contribution is -0.114. The molecule has 0 saturated carbocycles. The van der Waals surface area contributed by atoms with Crippen molar-refractivity contribution in [3.63, 3.8) is 0 Å². The number of alkyl halides is 1. The van der Waals surface area contributed by atoms with Crippen LogP contribution < -0.4 is 10.1 Å². The van der Waals surface area contributed by atoms with Gasteiger partial charge in [0.15, 0.2) is 0 Å². The van der Waals surface area contributed by atoms with Crippen LogP contribution in [0.25, 0.3) is 0 Å². The van der Waals surface area contributed by atoms with E-state index < -0.39 is 0 Å². The van der Waals surface area contributed by atoms with E-state index >= 15 is 0 Å². The van der Waals surface area contributed by atoms with E-state index in [0.29, 0.717) is 6.61 Å². The number of carbonyl (C=O) groups is 1. The van der Waals surface area contributed by atoms with Crippen LogP contribution in [0.15, 0.2) is 24.3 Å². The summed E-state index contributed by atoms with van der Waals surface area (Å²) >= 11 is 3.37. The van der Waals surface area contributed by atoms with Crippen molar-refractivity contribution in [2.45, 2.75) is 19.8 Å². The molecule has 1 amide bonds. The molecule has 0 bridgehead atoms. The zero-order valence-corrected chi connectivity index (χ0v) is 10.9. The summed E-state index contributed by atoms with van der Waals surface area (Å²) in [6, 6.07) is 7.46. The number of hydrogen-bond donors (Lipinski definition) is 1. The first kappa shape index (κ1) is 13.0. The van der Waals surface area contributed by atoms with E-state index in [4.69, 9.17) is 4.74 Å². The Bertz CT molecular complexity index is 342. The molecule has 0 saturated heterocycles. The summed E-state index contributed by atoms with van der Waals surface area (Å²) in [7, 11) is 0. The number of anilines is 1. The molecule has 1 rings (SSSR count). The van der Waals surface area contributed by atoms with Gasteiger partial charge in [-0.2, -0.15) is 0 Å². The molecule has 0 aliphatic heterocycles. The third-order valence-corrected chi connectivity index (χ3v) is 2.54. The highest BCUT2D eigenvalue weighted by Crippen LogP contribution is 2.23. The number of amides is 1. The molecule has 0 atom stereocenters. The summed E-state index contributed by atoms with van der Waals surface area (Å²) in [5.74, 6) is 0.642. The summed E-state index contributed by atoms with van der Waals surface area (Å²) in [5, 5.41) is 3.73. The minimum Gasteiger partial charge on any atom is -0.491 e. The monoisotopic (exact) mass is 285 g/mol. The molecule has 0 spiro atoms. The van der Waals surface area contributed by atoms with E-state index in [9.17, 15) is 4.79 Å². The van der Waals surface area contributed by atoms with E-state index in [1.54, 1.807) is 0 Å². The maximum absolute atomic E-state index is 11.0. The van der Waals surface area contributed by atoms with Gasteiger partial charge in [0, 0.05) is 12.3 Å². The lowest BCUT2D eigenvalue weighted by Gasteiger charge is -2.11. The molecular weight excluding hydrogens is 270 g/mol. The van der Waals surface area contributed by atoms with Gasteiger partial charge in [-0.15, -0.1) is 0 Å². The molecule has 0 fully saturated rings. The summed E-state index contributed by atoms with van der Waals surface area (Å²) in [5.41, 5.74) is 0.730. The lowest BCUT2D eigenvalue weighted by atomic mass is 10.3. The average molecular weight is 286 g/mol. The molecule has 1 N–H and O–H groups in total. The summed E-state index contributed by atoms with van der Waals surface area (Å²) in [4.78, 5) is 11.0. The van der Waals surface area contributed by atoms with Crippen molar-refractivity contribution in [2.24, 2.45) is 0 Å². The predicted molar refractivity (Wildman–Crippen MR) is 69.3 cm³/mol. The predicted octanol–water partition coefficient (Wildman–Crippen LogP) is 3.20. The number of benzene rings is 1. The van der Waals surface area contributed by atoms with E-state index in [1.165, 1.54) is 6.92 Å². The number of ether oxygens (including phenoxy) is 1. The Hall–Kier alpha value is -1.03. The lowest BCUT2D eigenvalue weighted by Crippen LogP contribution is -2.08. The highest BCUT2D eigenvalue weighted by Gasteiger charge is 2.03. The molecule has 0 radical (unpaired) electrons. The summed E-state index contributed by atoms with van der Waals surface area (Å²) in [6.07, 6.45) is 2.09. The van der Waals surface area contributed by atoms with Crippen LogP contribution in [0, 0.1) is 0 Å². The number of hydrogen-bond acceptors (Lipinski definition) is 2. The van der Waals surface area contributed by atoms with Gasteiger partial charge in [-0.3, -0.25) is 4.79 Å². The van der Waals surface area contributed by atoms with Crippen LogP contribution in [0.4, 0.5) is 5.69 Å². The van der Waals surface area contributed by atoms with E-state index in [2.05, 4.69) is 21.2 Å². The van der Waals surface area contributed by atoms with E-state index in [0.717, 1.165) is 29.6 Å². The molecule has 0 aliphatic rings. The Morgan fingerprint density at radius 1 is 1.38 bits per heavy atom.